The summed E-state index contributed by atoms with van der Waals surface area (Å²) in [5.74, 6) is 0.690. The molecule has 0 saturated carbocycles. The molecular weight excluding hydrogens is 283 g/mol. The van der Waals surface area contributed by atoms with Crippen LogP contribution >= 0.6 is 23.2 Å². The fraction of sp³-hybridized carbons (Fsp3) is 0.214. The van der Waals surface area contributed by atoms with Gasteiger partial charge in [0.1, 0.15) is 5.75 Å². The third-order valence-corrected chi connectivity index (χ3v) is 3.55. The second kappa shape index (κ2) is 6.24. The van der Waals surface area contributed by atoms with Gasteiger partial charge in [-0.1, -0.05) is 29.3 Å². The van der Waals surface area contributed by atoms with Crippen LogP contribution in [0.25, 0.3) is 0 Å². The van der Waals surface area contributed by atoms with E-state index in [1.165, 1.54) is 0 Å². The number of nitrogens with two attached hydrogens (primary N) is 1. The Hall–Kier alpha value is -1.29. The van der Waals surface area contributed by atoms with Crippen molar-refractivity contribution in [1.82, 2.24) is 4.98 Å². The maximum absolute atomic E-state index is 6.17. The Morgan fingerprint density at radius 3 is 2.74 bits per heavy atom. The van der Waals surface area contributed by atoms with Gasteiger partial charge in [-0.15, -0.1) is 0 Å². The third-order valence-electron chi connectivity index (χ3n) is 2.81. The molecule has 0 saturated heterocycles. The van der Waals surface area contributed by atoms with Crippen LogP contribution in [0.3, 0.4) is 0 Å². The molecule has 0 aliphatic heterocycles. The molecule has 0 spiro atoms. The van der Waals surface area contributed by atoms with Crippen molar-refractivity contribution in [1.29, 1.82) is 0 Å². The first kappa shape index (κ1) is 14.1. The van der Waals surface area contributed by atoms with E-state index in [9.17, 15) is 0 Å². The van der Waals surface area contributed by atoms with E-state index in [0.717, 1.165) is 11.3 Å². The zero-order chi connectivity index (χ0) is 13.8. The summed E-state index contributed by atoms with van der Waals surface area (Å²) < 4.78 is 5.26. The van der Waals surface area contributed by atoms with Crippen LogP contribution in [0, 0.1) is 0 Å². The number of aromatic nitrogens is 1. The van der Waals surface area contributed by atoms with Crippen molar-refractivity contribution in [2.24, 2.45) is 5.73 Å². The Balaban J connectivity index is 2.20. The summed E-state index contributed by atoms with van der Waals surface area (Å²) >= 11 is 11.9. The van der Waals surface area contributed by atoms with Crippen LogP contribution in [0.1, 0.15) is 17.3 Å². The highest BCUT2D eigenvalue weighted by atomic mass is 35.5. The van der Waals surface area contributed by atoms with E-state index in [1.807, 2.05) is 24.3 Å². The van der Waals surface area contributed by atoms with Gasteiger partial charge in [0.2, 0.25) is 0 Å². The molecule has 0 radical (unpaired) electrons. The van der Waals surface area contributed by atoms with Gasteiger partial charge in [0.05, 0.1) is 28.9 Å². The van der Waals surface area contributed by atoms with Crippen LogP contribution in [0.15, 0.2) is 36.5 Å². The number of hydrogen-bond acceptors (Lipinski definition) is 3. The minimum atomic E-state index is -0.256. The molecular formula is C14H14Cl2N2O. The first-order valence-electron chi connectivity index (χ1n) is 5.80. The number of nitrogens with zero attached hydrogens (tertiary/aromatic N) is 1. The normalized spacial score (nSPS) is 12.2. The summed E-state index contributed by atoms with van der Waals surface area (Å²) in [5, 5.41) is 1.06. The van der Waals surface area contributed by atoms with E-state index in [2.05, 4.69) is 4.98 Å². The minimum Gasteiger partial charge on any atom is -0.495 e. The molecule has 5 heteroatoms. The highest BCUT2D eigenvalue weighted by Crippen LogP contribution is 2.27. The number of methoxy groups -OCH3 is 1. The van der Waals surface area contributed by atoms with E-state index in [-0.39, 0.29) is 6.04 Å². The minimum absolute atomic E-state index is 0.256. The van der Waals surface area contributed by atoms with Gasteiger partial charge in [0, 0.05) is 6.20 Å². The Morgan fingerprint density at radius 1 is 1.26 bits per heavy atom. The Kier molecular flexibility index (Phi) is 4.64. The lowest BCUT2D eigenvalue weighted by Crippen LogP contribution is -2.16. The van der Waals surface area contributed by atoms with E-state index in [1.54, 1.807) is 19.4 Å². The molecule has 1 atom stereocenters. The van der Waals surface area contributed by atoms with Crippen molar-refractivity contribution >= 4 is 23.2 Å². The van der Waals surface area contributed by atoms with Gasteiger partial charge < -0.3 is 10.5 Å². The number of pyridine rings is 1. The number of hydrogen-bond donors (Lipinski definition) is 1. The van der Waals surface area contributed by atoms with Crippen LogP contribution in [-0.2, 0) is 6.42 Å². The topological polar surface area (TPSA) is 48.1 Å². The van der Waals surface area contributed by atoms with Crippen molar-refractivity contribution in [3.63, 3.8) is 0 Å². The molecule has 0 bridgehead atoms. The second-order valence-electron chi connectivity index (χ2n) is 4.15. The van der Waals surface area contributed by atoms with Gasteiger partial charge in [-0.2, -0.15) is 0 Å². The summed E-state index contributed by atoms with van der Waals surface area (Å²) in [6, 6.07) is 8.89. The lowest BCUT2D eigenvalue weighted by Gasteiger charge is -2.14. The first-order valence-corrected chi connectivity index (χ1v) is 6.56. The van der Waals surface area contributed by atoms with E-state index in [0.29, 0.717) is 22.2 Å². The molecule has 0 aliphatic rings. The van der Waals surface area contributed by atoms with Crippen molar-refractivity contribution in [3.8, 4) is 5.75 Å². The van der Waals surface area contributed by atoms with Gasteiger partial charge in [0.15, 0.2) is 0 Å². The van der Waals surface area contributed by atoms with Crippen molar-refractivity contribution in [2.45, 2.75) is 12.5 Å². The smallest absolute Gasteiger partial charge is 0.141 e. The maximum Gasteiger partial charge on any atom is 0.141 e. The highest BCUT2D eigenvalue weighted by Gasteiger charge is 2.14. The Morgan fingerprint density at radius 2 is 2.05 bits per heavy atom. The average molecular weight is 297 g/mol. The molecule has 3 nitrogen and oxygen atoms in total. The molecule has 19 heavy (non-hydrogen) atoms. The number of ether oxygens (including phenoxy) is 1. The SMILES string of the molecule is COc1cccnc1C(N)Cc1ccc(Cl)c(Cl)c1. The van der Waals surface area contributed by atoms with Crippen LogP contribution in [0.4, 0.5) is 0 Å². The Labute approximate surface area is 122 Å². The summed E-state index contributed by atoms with van der Waals surface area (Å²) in [7, 11) is 1.60. The van der Waals surface area contributed by atoms with Crippen LogP contribution in [-0.4, -0.2) is 12.1 Å². The monoisotopic (exact) mass is 296 g/mol. The zero-order valence-electron chi connectivity index (χ0n) is 10.4. The summed E-state index contributed by atoms with van der Waals surface area (Å²) in [4.78, 5) is 4.28. The molecule has 2 N–H and O–H groups in total. The zero-order valence-corrected chi connectivity index (χ0v) is 11.9. The number of halogens is 2. The fourth-order valence-corrected chi connectivity index (χ4v) is 2.19. The molecule has 2 aromatic rings. The third kappa shape index (κ3) is 3.38. The van der Waals surface area contributed by atoms with Gasteiger partial charge in [-0.3, -0.25) is 4.98 Å². The lowest BCUT2D eigenvalue weighted by atomic mass is 10.0. The number of rotatable bonds is 4. The maximum atomic E-state index is 6.17. The molecule has 2 rings (SSSR count). The highest BCUT2D eigenvalue weighted by molar-refractivity contribution is 6.42. The summed E-state index contributed by atoms with van der Waals surface area (Å²) in [6.45, 7) is 0. The molecule has 0 aliphatic carbocycles. The van der Waals surface area contributed by atoms with Gasteiger partial charge >= 0.3 is 0 Å². The van der Waals surface area contributed by atoms with Crippen molar-refractivity contribution in [3.05, 3.63) is 57.8 Å². The van der Waals surface area contributed by atoms with Gasteiger partial charge in [-0.05, 0) is 36.2 Å². The van der Waals surface area contributed by atoms with E-state index >= 15 is 0 Å². The van der Waals surface area contributed by atoms with Crippen LogP contribution in [0.2, 0.25) is 10.0 Å². The molecule has 1 aromatic heterocycles. The predicted molar refractivity (Wildman–Crippen MR) is 77.9 cm³/mol. The molecule has 100 valence electrons. The molecule has 0 fully saturated rings. The Bertz CT molecular complexity index is 575. The van der Waals surface area contributed by atoms with Gasteiger partial charge in [0.25, 0.3) is 0 Å². The second-order valence-corrected chi connectivity index (χ2v) is 4.96. The summed E-state index contributed by atoms with van der Waals surface area (Å²) in [6.07, 6.45) is 2.32. The van der Waals surface area contributed by atoms with E-state index < -0.39 is 0 Å². The van der Waals surface area contributed by atoms with Gasteiger partial charge in [-0.25, -0.2) is 0 Å². The largest absolute Gasteiger partial charge is 0.495 e. The molecule has 1 heterocycles. The number of benzene rings is 1. The molecule has 1 unspecified atom stereocenters. The van der Waals surface area contributed by atoms with Crippen LogP contribution in [0.5, 0.6) is 5.75 Å². The first-order chi connectivity index (χ1) is 9.11. The quantitative estimate of drug-likeness (QED) is 0.937. The van der Waals surface area contributed by atoms with Crippen LogP contribution < -0.4 is 10.5 Å². The van der Waals surface area contributed by atoms with Crippen molar-refractivity contribution < 1.29 is 4.74 Å². The standard InChI is InChI=1S/C14H14Cl2N2O/c1-19-13-3-2-6-18-14(13)12(17)8-9-4-5-10(15)11(16)7-9/h2-7,12H,8,17H2,1H3. The van der Waals surface area contributed by atoms with Crippen molar-refractivity contribution in [2.75, 3.05) is 7.11 Å². The fourth-order valence-electron chi connectivity index (χ4n) is 1.87. The van der Waals surface area contributed by atoms with E-state index in [4.69, 9.17) is 33.7 Å². The average Bonchev–Trinajstić information content (AvgIpc) is 2.43. The molecule has 0 amide bonds. The molecule has 1 aromatic carbocycles. The summed E-state index contributed by atoms with van der Waals surface area (Å²) in [5.41, 5.74) is 7.91. The predicted octanol–water partition coefficient (Wildman–Crippen LogP) is 3.64. The lowest BCUT2D eigenvalue weighted by molar-refractivity contribution is 0.401.